The minimum absolute atomic E-state index is 0.0873. The summed E-state index contributed by atoms with van der Waals surface area (Å²) in [5.74, 6) is -4.13. The molecule has 1 aromatic heterocycles. The first-order valence-electron chi connectivity index (χ1n) is 11.7. The zero-order chi connectivity index (χ0) is 29.1. The Balaban J connectivity index is 1.66. The number of benzene rings is 3. The second-order valence-electron chi connectivity index (χ2n) is 8.78. The van der Waals surface area contributed by atoms with Gasteiger partial charge in [-0.05, 0) is 48.0 Å². The van der Waals surface area contributed by atoms with Gasteiger partial charge in [0.15, 0.2) is 6.10 Å². The number of hydrogen-bond donors (Lipinski definition) is 1. The predicted octanol–water partition coefficient (Wildman–Crippen LogP) is 8.32. The minimum Gasteiger partial charge on any atom is -0.464 e. The summed E-state index contributed by atoms with van der Waals surface area (Å²) in [5.41, 5.74) is -0.820. The molecule has 0 amide bonds. The third kappa shape index (κ3) is 6.56. The van der Waals surface area contributed by atoms with Crippen LogP contribution >= 0.6 is 0 Å². The van der Waals surface area contributed by atoms with Gasteiger partial charge in [-0.2, -0.15) is 35.1 Å². The summed E-state index contributed by atoms with van der Waals surface area (Å²) in [5, 5.41) is 9.76. The van der Waals surface area contributed by atoms with E-state index in [0.717, 1.165) is 11.0 Å². The van der Waals surface area contributed by atoms with Gasteiger partial charge in [0.2, 0.25) is 0 Å². The van der Waals surface area contributed by atoms with E-state index < -0.39 is 43.0 Å². The van der Waals surface area contributed by atoms with Crippen molar-refractivity contribution in [2.75, 3.05) is 11.4 Å². The zero-order valence-corrected chi connectivity index (χ0v) is 20.4. The lowest BCUT2D eigenvalue weighted by Crippen LogP contribution is -2.41. The standard InChI is InChI=1S/C28H21F8NO3/c29-26(30,28(34,35)36)19-7-3-6-18(14-19)16-37(17-25(38)27(31,32)33)20-8-4-9-21(15-20)40-24-11-2-1-10-22(24)23-12-5-13-39-23/h1-15,25,38H,16-17H2/t25-/m1/s1. The molecule has 0 aliphatic carbocycles. The largest absolute Gasteiger partial charge is 0.464 e. The second-order valence-corrected chi connectivity index (χ2v) is 8.78. The topological polar surface area (TPSA) is 45.8 Å². The fraction of sp³-hybridized carbons (Fsp3) is 0.214. The molecule has 1 heterocycles. The predicted molar refractivity (Wildman–Crippen MR) is 130 cm³/mol. The van der Waals surface area contributed by atoms with Gasteiger partial charge in [0.25, 0.3) is 0 Å². The molecular formula is C28H21F8NO3. The molecule has 3 aromatic carbocycles. The van der Waals surface area contributed by atoms with Crippen LogP contribution in [0.25, 0.3) is 11.3 Å². The van der Waals surface area contributed by atoms with Gasteiger partial charge >= 0.3 is 18.3 Å². The molecule has 4 nitrogen and oxygen atoms in total. The number of hydrogen-bond acceptors (Lipinski definition) is 4. The lowest BCUT2D eigenvalue weighted by Gasteiger charge is -2.29. The summed E-state index contributed by atoms with van der Waals surface area (Å²) in [6.45, 7) is -1.56. The molecule has 0 spiro atoms. The molecule has 0 saturated carbocycles. The Morgan fingerprint density at radius 2 is 1.52 bits per heavy atom. The van der Waals surface area contributed by atoms with Crippen molar-refractivity contribution in [2.45, 2.75) is 30.9 Å². The van der Waals surface area contributed by atoms with Gasteiger partial charge in [-0.15, -0.1) is 0 Å². The number of para-hydroxylation sites is 1. The third-order valence-electron chi connectivity index (χ3n) is 5.87. The molecule has 0 aliphatic rings. The fourth-order valence-electron chi connectivity index (χ4n) is 3.88. The van der Waals surface area contributed by atoms with E-state index in [1.165, 1.54) is 36.6 Å². The van der Waals surface area contributed by atoms with Gasteiger partial charge in [0, 0.05) is 23.9 Å². The molecule has 0 bridgehead atoms. The molecule has 0 saturated heterocycles. The van der Waals surface area contributed by atoms with Gasteiger partial charge in [-0.3, -0.25) is 0 Å². The molecule has 4 rings (SSSR count). The number of anilines is 1. The highest BCUT2D eigenvalue weighted by Gasteiger charge is 2.58. The summed E-state index contributed by atoms with van der Waals surface area (Å²) in [4.78, 5) is 1.01. The van der Waals surface area contributed by atoms with Crippen molar-refractivity contribution in [3.8, 4) is 22.8 Å². The molecule has 1 N–H and O–H groups in total. The van der Waals surface area contributed by atoms with Crippen LogP contribution in [0.4, 0.5) is 40.8 Å². The van der Waals surface area contributed by atoms with Gasteiger partial charge in [-0.1, -0.05) is 36.4 Å². The van der Waals surface area contributed by atoms with E-state index in [0.29, 0.717) is 29.2 Å². The van der Waals surface area contributed by atoms with Crippen LogP contribution in [-0.4, -0.2) is 30.1 Å². The molecular weight excluding hydrogens is 550 g/mol. The number of ether oxygens (including phenoxy) is 1. The fourth-order valence-corrected chi connectivity index (χ4v) is 3.88. The van der Waals surface area contributed by atoms with Crippen molar-refractivity contribution < 1.29 is 49.4 Å². The first-order chi connectivity index (χ1) is 18.8. The Kier molecular flexibility index (Phi) is 8.10. The van der Waals surface area contributed by atoms with E-state index in [1.54, 1.807) is 36.4 Å². The lowest BCUT2D eigenvalue weighted by atomic mass is 10.0. The Bertz CT molecular complexity index is 1420. The van der Waals surface area contributed by atoms with Crippen LogP contribution in [0.15, 0.2) is 95.6 Å². The van der Waals surface area contributed by atoms with Crippen molar-refractivity contribution in [3.63, 3.8) is 0 Å². The maximum atomic E-state index is 13.9. The molecule has 0 radical (unpaired) electrons. The molecule has 0 fully saturated rings. The Morgan fingerprint density at radius 3 is 2.20 bits per heavy atom. The minimum atomic E-state index is -5.87. The van der Waals surface area contributed by atoms with Crippen LogP contribution in [-0.2, 0) is 12.5 Å². The maximum Gasteiger partial charge on any atom is 0.458 e. The van der Waals surface area contributed by atoms with E-state index in [-0.39, 0.29) is 17.0 Å². The van der Waals surface area contributed by atoms with Crippen LogP contribution < -0.4 is 9.64 Å². The van der Waals surface area contributed by atoms with E-state index in [2.05, 4.69) is 0 Å². The molecule has 0 aliphatic heterocycles. The first-order valence-corrected chi connectivity index (χ1v) is 11.7. The molecule has 1 atom stereocenters. The maximum absolute atomic E-state index is 13.9. The normalized spacial score (nSPS) is 13.2. The van der Waals surface area contributed by atoms with Crippen LogP contribution in [0.3, 0.4) is 0 Å². The van der Waals surface area contributed by atoms with E-state index in [9.17, 15) is 40.2 Å². The molecule has 212 valence electrons. The quantitative estimate of drug-likeness (QED) is 0.205. The molecule has 40 heavy (non-hydrogen) atoms. The van der Waals surface area contributed by atoms with Crippen LogP contribution in [0.2, 0.25) is 0 Å². The smallest absolute Gasteiger partial charge is 0.458 e. The molecule has 0 unspecified atom stereocenters. The molecule has 4 aromatic rings. The lowest BCUT2D eigenvalue weighted by molar-refractivity contribution is -0.289. The van der Waals surface area contributed by atoms with E-state index in [1.807, 2.05) is 0 Å². The number of nitrogens with zero attached hydrogens (tertiary/aromatic N) is 1. The number of rotatable bonds is 9. The Morgan fingerprint density at radius 1 is 0.800 bits per heavy atom. The van der Waals surface area contributed by atoms with Gasteiger partial charge < -0.3 is 19.2 Å². The van der Waals surface area contributed by atoms with Crippen LogP contribution in [0, 0.1) is 0 Å². The first kappa shape index (κ1) is 28.9. The zero-order valence-electron chi connectivity index (χ0n) is 20.4. The summed E-state index contributed by atoms with van der Waals surface area (Å²) in [6.07, 6.45) is -12.2. The Labute approximate surface area is 223 Å². The van der Waals surface area contributed by atoms with Gasteiger partial charge in [0.05, 0.1) is 18.4 Å². The number of aliphatic hydroxyl groups excluding tert-OH is 1. The Hall–Kier alpha value is -4.06. The van der Waals surface area contributed by atoms with Crippen molar-refractivity contribution in [1.29, 1.82) is 0 Å². The average Bonchev–Trinajstić information content (AvgIpc) is 3.43. The number of alkyl halides is 8. The summed E-state index contributed by atoms with van der Waals surface area (Å²) in [6, 6.07) is 19.2. The highest BCUT2D eigenvalue weighted by molar-refractivity contribution is 5.66. The average molecular weight is 571 g/mol. The second kappa shape index (κ2) is 11.2. The van der Waals surface area contributed by atoms with Crippen molar-refractivity contribution in [1.82, 2.24) is 0 Å². The number of halogens is 8. The number of furan rings is 1. The van der Waals surface area contributed by atoms with E-state index >= 15 is 0 Å². The van der Waals surface area contributed by atoms with Crippen LogP contribution in [0.5, 0.6) is 11.5 Å². The summed E-state index contributed by atoms with van der Waals surface area (Å²) in [7, 11) is 0. The molecule has 12 heteroatoms. The summed E-state index contributed by atoms with van der Waals surface area (Å²) < 4.78 is 118. The summed E-state index contributed by atoms with van der Waals surface area (Å²) >= 11 is 0. The van der Waals surface area contributed by atoms with Gasteiger partial charge in [-0.25, -0.2) is 0 Å². The highest BCUT2D eigenvalue weighted by atomic mass is 19.4. The van der Waals surface area contributed by atoms with E-state index in [4.69, 9.17) is 9.15 Å². The third-order valence-corrected chi connectivity index (χ3v) is 5.87. The van der Waals surface area contributed by atoms with Crippen molar-refractivity contribution in [3.05, 3.63) is 102 Å². The van der Waals surface area contributed by atoms with Crippen molar-refractivity contribution in [2.24, 2.45) is 0 Å². The SMILES string of the molecule is O[C@H](CN(Cc1cccc(C(F)(F)C(F)(F)F)c1)c1cccc(Oc2ccccc2-c2ccco2)c1)C(F)(F)F. The van der Waals surface area contributed by atoms with Crippen molar-refractivity contribution >= 4 is 5.69 Å². The highest BCUT2D eigenvalue weighted by Crippen LogP contribution is 2.44. The van der Waals surface area contributed by atoms with Gasteiger partial charge in [0.1, 0.15) is 17.3 Å². The van der Waals surface area contributed by atoms with Crippen LogP contribution in [0.1, 0.15) is 11.1 Å². The number of aliphatic hydroxyl groups is 1. The monoisotopic (exact) mass is 571 g/mol.